The molecule has 2 aromatic rings. The third-order valence-corrected chi connectivity index (χ3v) is 5.52. The average molecular weight is 358 g/mol. The number of carbonyl (C=O) groups is 2. The molecule has 3 rings (SSSR count). The number of aliphatic carboxylic acids is 1. The number of nitrogens with zero attached hydrogens (tertiary/aromatic N) is 2. The first-order valence-corrected chi connectivity index (χ1v) is 9.33. The Kier molecular flexibility index (Phi) is 4.90. The Bertz CT molecular complexity index is 772. The van der Waals surface area contributed by atoms with E-state index in [0.717, 1.165) is 17.0 Å². The summed E-state index contributed by atoms with van der Waals surface area (Å²) in [5.41, 5.74) is 0.139. The van der Waals surface area contributed by atoms with E-state index in [2.05, 4.69) is 18.8 Å². The van der Waals surface area contributed by atoms with Crippen molar-refractivity contribution in [3.63, 3.8) is 0 Å². The van der Waals surface area contributed by atoms with Gasteiger partial charge in [-0.05, 0) is 17.9 Å². The van der Waals surface area contributed by atoms with Crippen LogP contribution in [0.3, 0.4) is 0 Å². The second-order valence-corrected chi connectivity index (χ2v) is 7.90. The van der Waals surface area contributed by atoms with Crippen molar-refractivity contribution >= 4 is 23.2 Å². The molecular weight excluding hydrogens is 336 g/mol. The van der Waals surface area contributed by atoms with E-state index in [1.807, 2.05) is 30.3 Å². The predicted octanol–water partition coefficient (Wildman–Crippen LogP) is 3.21. The number of rotatable bonds is 5. The van der Waals surface area contributed by atoms with Gasteiger partial charge in [-0.25, -0.2) is 4.98 Å². The smallest absolute Gasteiger partial charge is 0.316 e. The lowest BCUT2D eigenvalue weighted by Gasteiger charge is -2.25. The molecule has 25 heavy (non-hydrogen) atoms. The molecule has 132 valence electrons. The SMILES string of the molecule is CC(C)Cc1nc(C(=O)N2CCC(C(=O)O)(c3ccccc3)C2)cs1. The third-order valence-electron chi connectivity index (χ3n) is 4.65. The molecule has 2 heterocycles. The Morgan fingerprint density at radius 1 is 1.32 bits per heavy atom. The first-order chi connectivity index (χ1) is 11.9. The maximum absolute atomic E-state index is 12.8. The lowest BCUT2D eigenvalue weighted by molar-refractivity contribution is -0.143. The van der Waals surface area contributed by atoms with Gasteiger partial charge in [-0.1, -0.05) is 44.2 Å². The van der Waals surface area contributed by atoms with Crippen molar-refractivity contribution in [1.82, 2.24) is 9.88 Å². The highest BCUT2D eigenvalue weighted by molar-refractivity contribution is 7.09. The highest BCUT2D eigenvalue weighted by atomic mass is 32.1. The monoisotopic (exact) mass is 358 g/mol. The summed E-state index contributed by atoms with van der Waals surface area (Å²) in [7, 11) is 0. The average Bonchev–Trinajstić information content (AvgIpc) is 3.22. The maximum Gasteiger partial charge on any atom is 0.316 e. The minimum atomic E-state index is -1.03. The highest BCUT2D eigenvalue weighted by Gasteiger charge is 2.47. The van der Waals surface area contributed by atoms with Gasteiger partial charge in [-0.3, -0.25) is 9.59 Å². The summed E-state index contributed by atoms with van der Waals surface area (Å²) in [5.74, 6) is -0.572. The van der Waals surface area contributed by atoms with Gasteiger partial charge in [0.1, 0.15) is 11.1 Å². The summed E-state index contributed by atoms with van der Waals surface area (Å²) in [5, 5.41) is 12.6. The molecule has 1 aliphatic heterocycles. The molecule has 6 heteroatoms. The van der Waals surface area contributed by atoms with E-state index in [1.54, 1.807) is 10.3 Å². The van der Waals surface area contributed by atoms with Crippen molar-refractivity contribution in [3.05, 3.63) is 52.0 Å². The normalized spacial score (nSPS) is 20.2. The Labute approximate surface area is 151 Å². The second kappa shape index (κ2) is 6.96. The van der Waals surface area contributed by atoms with Gasteiger partial charge in [0.2, 0.25) is 0 Å². The minimum Gasteiger partial charge on any atom is -0.481 e. The molecule has 0 spiro atoms. The Morgan fingerprint density at radius 3 is 2.68 bits per heavy atom. The lowest BCUT2D eigenvalue weighted by atomic mass is 9.80. The molecule has 0 saturated carbocycles. The number of benzene rings is 1. The molecule has 1 atom stereocenters. The molecule has 0 bridgehead atoms. The lowest BCUT2D eigenvalue weighted by Crippen LogP contribution is -2.40. The molecule has 1 amide bonds. The number of carboxylic acids is 1. The molecule has 1 aromatic carbocycles. The van der Waals surface area contributed by atoms with Crippen molar-refractivity contribution in [2.24, 2.45) is 5.92 Å². The number of hydrogen-bond donors (Lipinski definition) is 1. The van der Waals surface area contributed by atoms with Crippen LogP contribution in [0, 0.1) is 5.92 Å². The van der Waals surface area contributed by atoms with Crippen molar-refractivity contribution < 1.29 is 14.7 Å². The summed E-state index contributed by atoms with van der Waals surface area (Å²) in [6.45, 7) is 4.84. The largest absolute Gasteiger partial charge is 0.481 e. The Hall–Kier alpha value is -2.21. The van der Waals surface area contributed by atoms with Gasteiger partial charge in [-0.2, -0.15) is 0 Å². The topological polar surface area (TPSA) is 70.5 Å². The van der Waals surface area contributed by atoms with Gasteiger partial charge >= 0.3 is 5.97 Å². The molecule has 1 fully saturated rings. The summed E-state index contributed by atoms with van der Waals surface area (Å²) in [6, 6.07) is 9.19. The van der Waals surface area contributed by atoms with Gasteiger partial charge < -0.3 is 10.0 Å². The predicted molar refractivity (Wildman–Crippen MR) is 96.9 cm³/mol. The van der Waals surface area contributed by atoms with Crippen LogP contribution in [0.2, 0.25) is 0 Å². The minimum absolute atomic E-state index is 0.176. The summed E-state index contributed by atoms with van der Waals surface area (Å²) in [4.78, 5) is 30.8. The molecule has 1 N–H and O–H groups in total. The third kappa shape index (κ3) is 3.44. The van der Waals surface area contributed by atoms with Crippen LogP contribution in [0.5, 0.6) is 0 Å². The zero-order valence-corrected chi connectivity index (χ0v) is 15.3. The van der Waals surface area contributed by atoms with Crippen LogP contribution < -0.4 is 0 Å². The maximum atomic E-state index is 12.8. The van der Waals surface area contributed by atoms with E-state index < -0.39 is 11.4 Å². The van der Waals surface area contributed by atoms with E-state index in [4.69, 9.17) is 0 Å². The molecule has 1 aliphatic rings. The first kappa shape index (κ1) is 17.6. The van der Waals surface area contributed by atoms with Crippen LogP contribution in [0.1, 0.15) is 41.3 Å². The van der Waals surface area contributed by atoms with Gasteiger partial charge in [0.15, 0.2) is 0 Å². The van der Waals surface area contributed by atoms with E-state index in [1.165, 1.54) is 11.3 Å². The van der Waals surface area contributed by atoms with Crippen LogP contribution in [0.4, 0.5) is 0 Å². The van der Waals surface area contributed by atoms with E-state index >= 15 is 0 Å². The molecule has 1 saturated heterocycles. The standard InChI is InChI=1S/C19H22N2O3S/c1-13(2)10-16-20-15(11-25-16)17(22)21-9-8-19(12-21,18(23)24)14-6-4-3-5-7-14/h3-7,11,13H,8-10,12H2,1-2H3,(H,23,24). The number of aromatic nitrogens is 1. The molecular formula is C19H22N2O3S. The van der Waals surface area contributed by atoms with Gasteiger partial charge in [0.05, 0.1) is 5.01 Å². The van der Waals surface area contributed by atoms with Crippen LogP contribution in [0.15, 0.2) is 35.7 Å². The fourth-order valence-electron chi connectivity index (χ4n) is 3.29. The first-order valence-electron chi connectivity index (χ1n) is 8.45. The summed E-state index contributed by atoms with van der Waals surface area (Å²) >= 11 is 1.49. The van der Waals surface area contributed by atoms with E-state index in [0.29, 0.717) is 24.6 Å². The Balaban J connectivity index is 1.80. The highest BCUT2D eigenvalue weighted by Crippen LogP contribution is 2.35. The fourth-order valence-corrected chi connectivity index (χ4v) is 4.27. The van der Waals surface area contributed by atoms with Gasteiger partial charge in [0.25, 0.3) is 5.91 Å². The molecule has 0 aliphatic carbocycles. The zero-order chi connectivity index (χ0) is 18.0. The van der Waals surface area contributed by atoms with E-state index in [-0.39, 0.29) is 12.5 Å². The number of hydrogen-bond acceptors (Lipinski definition) is 4. The Morgan fingerprint density at radius 2 is 2.04 bits per heavy atom. The quantitative estimate of drug-likeness (QED) is 0.891. The van der Waals surface area contributed by atoms with Crippen molar-refractivity contribution in [2.75, 3.05) is 13.1 Å². The fraction of sp³-hybridized carbons (Fsp3) is 0.421. The summed E-state index contributed by atoms with van der Waals surface area (Å²) < 4.78 is 0. The van der Waals surface area contributed by atoms with Crippen molar-refractivity contribution in [3.8, 4) is 0 Å². The summed E-state index contributed by atoms with van der Waals surface area (Å²) in [6.07, 6.45) is 1.27. The number of thiazole rings is 1. The molecule has 1 unspecified atom stereocenters. The molecule has 5 nitrogen and oxygen atoms in total. The van der Waals surface area contributed by atoms with Crippen LogP contribution in [-0.2, 0) is 16.6 Å². The number of amides is 1. The number of carboxylic acid groups (broad SMARTS) is 1. The zero-order valence-electron chi connectivity index (χ0n) is 14.4. The number of likely N-dealkylation sites (tertiary alicyclic amines) is 1. The molecule has 1 aromatic heterocycles. The van der Waals surface area contributed by atoms with Crippen molar-refractivity contribution in [1.29, 1.82) is 0 Å². The number of carbonyl (C=O) groups excluding carboxylic acids is 1. The van der Waals surface area contributed by atoms with Crippen LogP contribution >= 0.6 is 11.3 Å². The molecule has 0 radical (unpaired) electrons. The van der Waals surface area contributed by atoms with Crippen molar-refractivity contribution in [2.45, 2.75) is 32.1 Å². The van der Waals surface area contributed by atoms with Crippen LogP contribution in [-0.4, -0.2) is 40.0 Å². The second-order valence-electron chi connectivity index (χ2n) is 6.95. The van der Waals surface area contributed by atoms with Gasteiger partial charge in [-0.15, -0.1) is 11.3 Å². The van der Waals surface area contributed by atoms with Gasteiger partial charge in [0, 0.05) is 24.9 Å². The van der Waals surface area contributed by atoms with E-state index in [9.17, 15) is 14.7 Å². The van der Waals surface area contributed by atoms with Crippen LogP contribution in [0.25, 0.3) is 0 Å².